The Bertz CT molecular complexity index is 477. The van der Waals surface area contributed by atoms with Gasteiger partial charge < -0.3 is 9.64 Å². The minimum Gasteiger partial charge on any atom is -0.372 e. The molecule has 0 aromatic carbocycles. The van der Waals surface area contributed by atoms with Crippen LogP contribution in [-0.2, 0) is 10.9 Å². The van der Waals surface area contributed by atoms with Crippen LogP contribution in [0.5, 0.6) is 0 Å². The topological polar surface area (TPSA) is 25.4 Å². The van der Waals surface area contributed by atoms with Gasteiger partial charge in [0.15, 0.2) is 0 Å². The fourth-order valence-corrected chi connectivity index (χ4v) is 2.22. The summed E-state index contributed by atoms with van der Waals surface area (Å²) in [5.74, 6) is 0.233. The highest BCUT2D eigenvalue weighted by Gasteiger charge is 2.33. The van der Waals surface area contributed by atoms with Crippen LogP contribution in [-0.4, -0.2) is 30.3 Å². The Balaban J connectivity index is 2.32. The lowest BCUT2D eigenvalue weighted by atomic mass is 10.1. The molecular formula is C12H14ClF3N2O. The van der Waals surface area contributed by atoms with Gasteiger partial charge in [0.25, 0.3) is 0 Å². The second-order valence-corrected chi connectivity index (χ2v) is 5.45. The first-order chi connectivity index (χ1) is 8.67. The second kappa shape index (κ2) is 4.83. The molecule has 3 nitrogen and oxygen atoms in total. The average molecular weight is 295 g/mol. The van der Waals surface area contributed by atoms with Gasteiger partial charge in [-0.25, -0.2) is 4.98 Å². The van der Waals surface area contributed by atoms with E-state index in [1.165, 1.54) is 0 Å². The first-order valence-electron chi connectivity index (χ1n) is 5.81. The number of nitrogens with zero attached hydrogens (tertiary/aromatic N) is 2. The molecule has 1 aliphatic rings. The molecule has 0 radical (unpaired) electrons. The zero-order chi connectivity index (χ0) is 14.3. The number of hydrogen-bond donors (Lipinski definition) is 0. The summed E-state index contributed by atoms with van der Waals surface area (Å²) in [6.45, 7) is 5.18. The molecule has 1 saturated heterocycles. The van der Waals surface area contributed by atoms with E-state index in [0.717, 1.165) is 12.1 Å². The Morgan fingerprint density at radius 3 is 2.63 bits per heavy atom. The molecule has 0 aliphatic carbocycles. The lowest BCUT2D eigenvalue weighted by Crippen LogP contribution is -2.48. The number of alkyl halides is 3. The Hall–Kier alpha value is -1.01. The van der Waals surface area contributed by atoms with Crippen LogP contribution in [0.3, 0.4) is 0 Å². The third kappa shape index (κ3) is 3.51. The number of aromatic nitrogens is 1. The van der Waals surface area contributed by atoms with Gasteiger partial charge in [-0.3, -0.25) is 0 Å². The minimum atomic E-state index is -4.43. The monoisotopic (exact) mass is 294 g/mol. The van der Waals surface area contributed by atoms with Crippen LogP contribution in [0.15, 0.2) is 12.1 Å². The minimum absolute atomic E-state index is 0.158. The molecule has 0 spiro atoms. The summed E-state index contributed by atoms with van der Waals surface area (Å²) >= 11 is 5.68. The van der Waals surface area contributed by atoms with Gasteiger partial charge in [-0.05, 0) is 26.0 Å². The van der Waals surface area contributed by atoms with Gasteiger partial charge in [-0.15, -0.1) is 0 Å². The molecule has 0 amide bonds. The van der Waals surface area contributed by atoms with E-state index < -0.39 is 17.3 Å². The largest absolute Gasteiger partial charge is 0.416 e. The molecule has 0 saturated carbocycles. The van der Waals surface area contributed by atoms with Crippen molar-refractivity contribution in [2.75, 3.05) is 24.6 Å². The van der Waals surface area contributed by atoms with Crippen molar-refractivity contribution in [1.82, 2.24) is 4.98 Å². The Morgan fingerprint density at radius 2 is 2.05 bits per heavy atom. The maximum atomic E-state index is 12.7. The van der Waals surface area contributed by atoms with Gasteiger partial charge in [0.05, 0.1) is 17.8 Å². The molecule has 1 aromatic heterocycles. The Morgan fingerprint density at radius 1 is 1.37 bits per heavy atom. The summed E-state index contributed by atoms with van der Waals surface area (Å²) in [4.78, 5) is 5.73. The predicted octanol–water partition coefficient (Wildman–Crippen LogP) is 3.37. The van der Waals surface area contributed by atoms with Gasteiger partial charge in [0.1, 0.15) is 11.0 Å². The molecule has 19 heavy (non-hydrogen) atoms. The van der Waals surface area contributed by atoms with Crippen molar-refractivity contribution in [3.8, 4) is 0 Å². The Labute approximate surface area is 114 Å². The van der Waals surface area contributed by atoms with Gasteiger partial charge in [0.2, 0.25) is 0 Å². The van der Waals surface area contributed by atoms with Crippen molar-refractivity contribution in [3.63, 3.8) is 0 Å². The van der Waals surface area contributed by atoms with Crippen molar-refractivity contribution in [1.29, 1.82) is 0 Å². The van der Waals surface area contributed by atoms with Crippen LogP contribution in [0.4, 0.5) is 19.0 Å². The summed E-state index contributed by atoms with van der Waals surface area (Å²) in [5.41, 5.74) is -1.20. The van der Waals surface area contributed by atoms with E-state index in [4.69, 9.17) is 16.3 Å². The van der Waals surface area contributed by atoms with Crippen molar-refractivity contribution < 1.29 is 17.9 Å². The molecule has 0 bridgehead atoms. The van der Waals surface area contributed by atoms with Gasteiger partial charge >= 0.3 is 6.18 Å². The summed E-state index contributed by atoms with van der Waals surface area (Å²) in [6.07, 6.45) is -4.43. The van der Waals surface area contributed by atoms with E-state index in [9.17, 15) is 13.2 Å². The molecule has 0 unspecified atom stereocenters. The van der Waals surface area contributed by atoms with Crippen molar-refractivity contribution in [3.05, 3.63) is 22.8 Å². The molecule has 2 rings (SSSR count). The summed E-state index contributed by atoms with van der Waals surface area (Å²) in [5, 5.41) is -0.158. The highest BCUT2D eigenvalue weighted by molar-refractivity contribution is 6.29. The average Bonchev–Trinajstić information content (AvgIpc) is 2.25. The van der Waals surface area contributed by atoms with Crippen LogP contribution in [0, 0.1) is 0 Å². The number of morpholine rings is 1. The molecule has 0 N–H and O–H groups in total. The third-order valence-corrected chi connectivity index (χ3v) is 3.05. The number of hydrogen-bond acceptors (Lipinski definition) is 3. The summed E-state index contributed by atoms with van der Waals surface area (Å²) in [6, 6.07) is 1.85. The van der Waals surface area contributed by atoms with Crippen LogP contribution < -0.4 is 4.90 Å². The molecule has 0 atom stereocenters. The van der Waals surface area contributed by atoms with Crippen molar-refractivity contribution in [2.24, 2.45) is 0 Å². The summed E-state index contributed by atoms with van der Waals surface area (Å²) < 4.78 is 43.7. The highest BCUT2D eigenvalue weighted by atomic mass is 35.5. The van der Waals surface area contributed by atoms with E-state index in [1.807, 2.05) is 13.8 Å². The highest BCUT2D eigenvalue weighted by Crippen LogP contribution is 2.33. The second-order valence-electron chi connectivity index (χ2n) is 5.06. The number of halogens is 4. The lowest BCUT2D eigenvalue weighted by molar-refractivity contribution is -0.137. The molecular weight excluding hydrogens is 281 g/mol. The number of rotatable bonds is 1. The molecule has 2 heterocycles. The smallest absolute Gasteiger partial charge is 0.372 e. The first-order valence-corrected chi connectivity index (χ1v) is 6.19. The quantitative estimate of drug-likeness (QED) is 0.743. The molecule has 1 aliphatic heterocycles. The molecule has 1 aromatic rings. The number of pyridine rings is 1. The van der Waals surface area contributed by atoms with Crippen LogP contribution in [0.25, 0.3) is 0 Å². The van der Waals surface area contributed by atoms with E-state index in [1.54, 1.807) is 4.90 Å². The van der Waals surface area contributed by atoms with Crippen LogP contribution in [0.2, 0.25) is 5.15 Å². The zero-order valence-corrected chi connectivity index (χ0v) is 11.3. The maximum absolute atomic E-state index is 12.7. The van der Waals surface area contributed by atoms with Crippen molar-refractivity contribution in [2.45, 2.75) is 25.6 Å². The predicted molar refractivity (Wildman–Crippen MR) is 66.5 cm³/mol. The fourth-order valence-electron chi connectivity index (χ4n) is 2.02. The standard InChI is InChI=1S/C12H14ClF3N2O/c1-11(2)7-18(3-4-19-11)10-6-8(12(14,15)16)5-9(13)17-10/h5-6H,3-4,7H2,1-2H3. The summed E-state index contributed by atoms with van der Waals surface area (Å²) in [7, 11) is 0. The Kier molecular flexibility index (Phi) is 3.66. The molecule has 1 fully saturated rings. The van der Waals surface area contributed by atoms with Crippen molar-refractivity contribution >= 4 is 17.4 Å². The zero-order valence-electron chi connectivity index (χ0n) is 10.6. The van der Waals surface area contributed by atoms with Gasteiger partial charge in [0, 0.05) is 13.1 Å². The van der Waals surface area contributed by atoms with E-state index >= 15 is 0 Å². The fraction of sp³-hybridized carbons (Fsp3) is 0.583. The van der Waals surface area contributed by atoms with Gasteiger partial charge in [-0.2, -0.15) is 13.2 Å². The third-order valence-electron chi connectivity index (χ3n) is 2.86. The molecule has 106 valence electrons. The van der Waals surface area contributed by atoms with Crippen LogP contribution in [0.1, 0.15) is 19.4 Å². The maximum Gasteiger partial charge on any atom is 0.416 e. The lowest BCUT2D eigenvalue weighted by Gasteiger charge is -2.39. The van der Waals surface area contributed by atoms with E-state index in [2.05, 4.69) is 4.98 Å². The van der Waals surface area contributed by atoms with Crippen LogP contribution >= 0.6 is 11.6 Å². The van der Waals surface area contributed by atoms with E-state index in [-0.39, 0.29) is 11.0 Å². The van der Waals surface area contributed by atoms with Gasteiger partial charge in [-0.1, -0.05) is 11.6 Å². The normalized spacial score (nSPS) is 19.6. The van der Waals surface area contributed by atoms with E-state index in [0.29, 0.717) is 19.7 Å². The number of anilines is 1. The number of ether oxygens (including phenoxy) is 1. The SMILES string of the molecule is CC1(C)CN(c2cc(C(F)(F)F)cc(Cl)n2)CCO1. The molecule has 7 heteroatoms. The first kappa shape index (κ1) is 14.4.